The Bertz CT molecular complexity index is 697. The third-order valence-electron chi connectivity index (χ3n) is 2.84. The van der Waals surface area contributed by atoms with Crippen molar-refractivity contribution in [3.63, 3.8) is 0 Å². The first-order valence-electron chi connectivity index (χ1n) is 7.32. The molecule has 2 amide bonds. The molecule has 3 N–H and O–H groups in total. The van der Waals surface area contributed by atoms with Crippen LogP contribution in [0, 0.1) is 5.92 Å². The van der Waals surface area contributed by atoms with Crippen LogP contribution in [0.1, 0.15) is 31.3 Å². The number of nitrogens with zero attached hydrogens (tertiary/aromatic N) is 1. The number of nitrogens with one attached hydrogen (secondary N) is 3. The fourth-order valence-electron chi connectivity index (χ4n) is 1.82. The molecule has 0 saturated heterocycles. The first kappa shape index (κ1) is 17.0. The van der Waals surface area contributed by atoms with Gasteiger partial charge in [-0.2, -0.15) is 0 Å². The van der Waals surface area contributed by atoms with Crippen LogP contribution < -0.4 is 16.0 Å². The van der Waals surface area contributed by atoms with E-state index >= 15 is 0 Å². The zero-order valence-corrected chi connectivity index (χ0v) is 14.2. The highest BCUT2D eigenvalue weighted by atomic mass is 32.1. The van der Waals surface area contributed by atoms with Gasteiger partial charge in [0.25, 0.3) is 5.91 Å². The Hall–Kier alpha value is -2.41. The molecule has 0 aliphatic rings. The summed E-state index contributed by atoms with van der Waals surface area (Å²) in [6.45, 7) is 6.46. The van der Waals surface area contributed by atoms with E-state index in [0.29, 0.717) is 23.0 Å². The van der Waals surface area contributed by atoms with Crippen LogP contribution in [0.3, 0.4) is 0 Å². The summed E-state index contributed by atoms with van der Waals surface area (Å²) in [5, 5.41) is 11.1. The minimum atomic E-state index is -0.279. The van der Waals surface area contributed by atoms with Gasteiger partial charge < -0.3 is 16.0 Å². The van der Waals surface area contributed by atoms with Crippen molar-refractivity contribution in [3.05, 3.63) is 35.3 Å². The first-order valence-corrected chi connectivity index (χ1v) is 8.20. The van der Waals surface area contributed by atoms with Crippen LogP contribution in [0.4, 0.5) is 16.5 Å². The van der Waals surface area contributed by atoms with Gasteiger partial charge in [-0.25, -0.2) is 4.98 Å². The maximum Gasteiger partial charge on any atom is 0.275 e. The molecule has 0 atom stereocenters. The summed E-state index contributed by atoms with van der Waals surface area (Å²) in [7, 11) is 0. The van der Waals surface area contributed by atoms with Crippen molar-refractivity contribution in [2.75, 3.05) is 22.5 Å². The predicted octanol–water partition coefficient (Wildman–Crippen LogP) is 3.42. The minimum absolute atomic E-state index is 0.158. The van der Waals surface area contributed by atoms with Crippen LogP contribution in [0.5, 0.6) is 0 Å². The van der Waals surface area contributed by atoms with Crippen LogP contribution in [0.2, 0.25) is 0 Å². The largest absolute Gasteiger partial charge is 0.361 e. The molecule has 0 aliphatic heterocycles. The molecule has 0 unspecified atom stereocenters. The Morgan fingerprint density at radius 3 is 2.57 bits per heavy atom. The van der Waals surface area contributed by atoms with Crippen molar-refractivity contribution in [2.45, 2.75) is 20.8 Å². The standard InChI is InChI=1S/C16H20N4O2S/c1-10(2)8-17-16-20-14(9-23-16)15(22)19-13-6-4-5-12(7-13)18-11(3)21/h4-7,9-10H,8H2,1-3H3,(H,17,20)(H,18,21)(H,19,22). The number of carbonyl (C=O) groups is 2. The molecule has 6 nitrogen and oxygen atoms in total. The van der Waals surface area contributed by atoms with E-state index in [2.05, 4.69) is 34.8 Å². The van der Waals surface area contributed by atoms with E-state index < -0.39 is 0 Å². The Kier molecular flexibility index (Phi) is 5.70. The zero-order valence-electron chi connectivity index (χ0n) is 13.3. The normalized spacial score (nSPS) is 10.4. The van der Waals surface area contributed by atoms with E-state index in [1.807, 2.05) is 0 Å². The maximum atomic E-state index is 12.2. The molecule has 0 aliphatic carbocycles. The topological polar surface area (TPSA) is 83.1 Å². The second-order valence-corrected chi connectivity index (χ2v) is 6.39. The number of thiazole rings is 1. The van der Waals surface area contributed by atoms with Gasteiger partial charge in [0.15, 0.2) is 5.13 Å². The Balaban J connectivity index is 2.00. The Labute approximate surface area is 139 Å². The quantitative estimate of drug-likeness (QED) is 0.757. The van der Waals surface area contributed by atoms with Crippen molar-refractivity contribution in [3.8, 4) is 0 Å². The number of carbonyl (C=O) groups excluding carboxylic acids is 2. The molecule has 0 saturated carbocycles. The molecule has 1 aromatic carbocycles. The predicted molar refractivity (Wildman–Crippen MR) is 94.1 cm³/mol. The summed E-state index contributed by atoms with van der Waals surface area (Å²) in [5.74, 6) is 0.0698. The van der Waals surface area contributed by atoms with Crippen molar-refractivity contribution in [1.29, 1.82) is 0 Å². The van der Waals surface area contributed by atoms with Gasteiger partial charge in [0, 0.05) is 30.2 Å². The van der Waals surface area contributed by atoms with Gasteiger partial charge in [-0.15, -0.1) is 11.3 Å². The number of hydrogen-bond acceptors (Lipinski definition) is 5. The lowest BCUT2D eigenvalue weighted by molar-refractivity contribution is -0.114. The monoisotopic (exact) mass is 332 g/mol. The van der Waals surface area contributed by atoms with E-state index in [4.69, 9.17) is 0 Å². The Morgan fingerprint density at radius 2 is 1.91 bits per heavy atom. The molecule has 0 radical (unpaired) electrons. The second kappa shape index (κ2) is 7.73. The molecule has 0 spiro atoms. The number of benzene rings is 1. The van der Waals surface area contributed by atoms with Gasteiger partial charge in [-0.05, 0) is 24.1 Å². The highest BCUT2D eigenvalue weighted by molar-refractivity contribution is 7.13. The van der Waals surface area contributed by atoms with Crippen molar-refractivity contribution >= 4 is 39.7 Å². The lowest BCUT2D eigenvalue weighted by atomic mass is 10.2. The molecule has 1 heterocycles. The smallest absolute Gasteiger partial charge is 0.275 e. The number of aromatic nitrogens is 1. The number of anilines is 3. The first-order chi connectivity index (χ1) is 10.9. The average Bonchev–Trinajstić information content (AvgIpc) is 2.93. The summed E-state index contributed by atoms with van der Waals surface area (Å²) >= 11 is 1.40. The van der Waals surface area contributed by atoms with E-state index in [1.165, 1.54) is 18.3 Å². The van der Waals surface area contributed by atoms with Crippen molar-refractivity contribution < 1.29 is 9.59 Å². The summed E-state index contributed by atoms with van der Waals surface area (Å²) in [5.41, 5.74) is 1.60. The fourth-order valence-corrected chi connectivity index (χ4v) is 2.52. The van der Waals surface area contributed by atoms with E-state index in [0.717, 1.165) is 11.7 Å². The van der Waals surface area contributed by atoms with Gasteiger partial charge in [0.05, 0.1) is 0 Å². The van der Waals surface area contributed by atoms with Crippen molar-refractivity contribution in [1.82, 2.24) is 4.98 Å². The summed E-state index contributed by atoms with van der Waals surface area (Å²) in [4.78, 5) is 27.6. The fraction of sp³-hybridized carbons (Fsp3) is 0.312. The van der Waals surface area contributed by atoms with E-state index in [-0.39, 0.29) is 11.8 Å². The molecule has 122 valence electrons. The zero-order chi connectivity index (χ0) is 16.8. The van der Waals surface area contributed by atoms with E-state index in [9.17, 15) is 9.59 Å². The number of hydrogen-bond donors (Lipinski definition) is 3. The van der Waals surface area contributed by atoms with Gasteiger partial charge in [0.2, 0.25) is 5.91 Å². The molecule has 2 rings (SSSR count). The van der Waals surface area contributed by atoms with Gasteiger partial charge in [-0.1, -0.05) is 19.9 Å². The van der Waals surface area contributed by atoms with Crippen LogP contribution in [-0.2, 0) is 4.79 Å². The van der Waals surface area contributed by atoms with Gasteiger partial charge in [-0.3, -0.25) is 9.59 Å². The number of amides is 2. The molecular formula is C16H20N4O2S. The van der Waals surface area contributed by atoms with Gasteiger partial charge in [0.1, 0.15) is 5.69 Å². The molecule has 0 bridgehead atoms. The molecule has 7 heteroatoms. The molecule has 1 aromatic heterocycles. The minimum Gasteiger partial charge on any atom is -0.361 e. The van der Waals surface area contributed by atoms with Crippen LogP contribution in [-0.4, -0.2) is 23.3 Å². The molecule has 23 heavy (non-hydrogen) atoms. The molecule has 0 fully saturated rings. The van der Waals surface area contributed by atoms with E-state index in [1.54, 1.807) is 29.6 Å². The lowest BCUT2D eigenvalue weighted by Gasteiger charge is -2.07. The summed E-state index contributed by atoms with van der Waals surface area (Å²) in [6, 6.07) is 6.97. The highest BCUT2D eigenvalue weighted by Gasteiger charge is 2.11. The third kappa shape index (κ3) is 5.37. The molecule has 2 aromatic rings. The van der Waals surface area contributed by atoms with Crippen LogP contribution in [0.15, 0.2) is 29.6 Å². The summed E-state index contributed by atoms with van der Waals surface area (Å²) < 4.78 is 0. The maximum absolute atomic E-state index is 12.2. The highest BCUT2D eigenvalue weighted by Crippen LogP contribution is 2.19. The van der Waals surface area contributed by atoms with Gasteiger partial charge >= 0.3 is 0 Å². The molecular weight excluding hydrogens is 312 g/mol. The lowest BCUT2D eigenvalue weighted by Crippen LogP contribution is -2.13. The third-order valence-corrected chi connectivity index (χ3v) is 3.64. The number of rotatable bonds is 6. The Morgan fingerprint density at radius 1 is 1.22 bits per heavy atom. The summed E-state index contributed by atoms with van der Waals surface area (Å²) in [6.07, 6.45) is 0. The van der Waals surface area contributed by atoms with Crippen LogP contribution >= 0.6 is 11.3 Å². The van der Waals surface area contributed by atoms with Crippen molar-refractivity contribution in [2.24, 2.45) is 5.92 Å². The second-order valence-electron chi connectivity index (χ2n) is 5.53. The SMILES string of the molecule is CC(=O)Nc1cccc(NC(=O)c2csc(NCC(C)C)n2)c1. The van der Waals surface area contributed by atoms with Crippen LogP contribution in [0.25, 0.3) is 0 Å². The average molecular weight is 332 g/mol.